The molecule has 2 aromatic rings. The molecule has 1 atom stereocenters. The molecule has 0 spiro atoms. The zero-order valence-electron chi connectivity index (χ0n) is 10.1. The first-order valence-corrected chi connectivity index (χ1v) is 6.22. The van der Waals surface area contributed by atoms with Crippen LogP contribution in [0.25, 0.3) is 10.9 Å². The normalized spacial score (nSPS) is 19.9. The van der Waals surface area contributed by atoms with Crippen molar-refractivity contribution in [2.75, 3.05) is 26.3 Å². The Morgan fingerprint density at radius 1 is 1.33 bits per heavy atom. The highest BCUT2D eigenvalue weighted by Gasteiger charge is 2.14. The average molecular weight is 244 g/mol. The van der Waals surface area contributed by atoms with Crippen molar-refractivity contribution in [1.82, 2.24) is 10.3 Å². The molecule has 0 radical (unpaired) electrons. The Bertz CT molecular complexity index is 519. The van der Waals surface area contributed by atoms with E-state index in [1.807, 2.05) is 30.3 Å². The van der Waals surface area contributed by atoms with E-state index in [2.05, 4.69) is 10.3 Å². The molecule has 1 N–H and O–H groups in total. The maximum absolute atomic E-state index is 5.83. The Labute approximate surface area is 106 Å². The molecule has 1 aromatic carbocycles. The van der Waals surface area contributed by atoms with E-state index in [1.54, 1.807) is 6.20 Å². The number of ether oxygens (including phenoxy) is 2. The summed E-state index contributed by atoms with van der Waals surface area (Å²) in [6.07, 6.45) is 1.91. The minimum absolute atomic E-state index is 0.123. The lowest BCUT2D eigenvalue weighted by molar-refractivity contribution is 0.000476. The van der Waals surface area contributed by atoms with Gasteiger partial charge in [0, 0.05) is 24.7 Å². The second-order valence-electron chi connectivity index (χ2n) is 4.34. The van der Waals surface area contributed by atoms with Crippen LogP contribution in [0.2, 0.25) is 0 Å². The number of aromatic nitrogens is 1. The summed E-state index contributed by atoms with van der Waals surface area (Å²) in [5, 5.41) is 4.38. The molecule has 0 bridgehead atoms. The number of pyridine rings is 1. The van der Waals surface area contributed by atoms with Gasteiger partial charge in [0.15, 0.2) is 0 Å². The van der Waals surface area contributed by atoms with Crippen molar-refractivity contribution in [3.05, 3.63) is 36.5 Å². The largest absolute Gasteiger partial charge is 0.489 e. The fourth-order valence-corrected chi connectivity index (χ4v) is 2.10. The molecule has 4 heteroatoms. The Balaban J connectivity index is 1.74. The molecule has 18 heavy (non-hydrogen) atoms. The standard InChI is InChI=1S/C14H16N2O2/c1-3-11-4-2-6-16-14(11)13(5-1)18-10-12-9-15-7-8-17-12/h1-6,12,15H,7-10H2/t12-/m1/s1. The minimum atomic E-state index is 0.123. The van der Waals surface area contributed by atoms with Crippen LogP contribution in [0.5, 0.6) is 5.75 Å². The number of nitrogens with one attached hydrogen (secondary N) is 1. The maximum Gasteiger partial charge on any atom is 0.145 e. The molecule has 4 nitrogen and oxygen atoms in total. The van der Waals surface area contributed by atoms with Crippen LogP contribution in [0.1, 0.15) is 0 Å². The number of hydrogen-bond donors (Lipinski definition) is 1. The molecule has 2 heterocycles. The molecule has 1 aliphatic heterocycles. The van der Waals surface area contributed by atoms with Crippen LogP contribution in [0, 0.1) is 0 Å². The molecule has 1 aliphatic rings. The number of fused-ring (bicyclic) bond motifs is 1. The SMILES string of the molecule is c1cnc2c(OC[C@H]3CNCCO3)cccc2c1. The van der Waals surface area contributed by atoms with Crippen molar-refractivity contribution in [1.29, 1.82) is 0 Å². The molecule has 0 unspecified atom stereocenters. The van der Waals surface area contributed by atoms with E-state index in [0.29, 0.717) is 6.61 Å². The van der Waals surface area contributed by atoms with E-state index in [4.69, 9.17) is 9.47 Å². The molecule has 94 valence electrons. The van der Waals surface area contributed by atoms with E-state index in [9.17, 15) is 0 Å². The molecular formula is C14H16N2O2. The number of para-hydroxylation sites is 1. The molecule has 0 aliphatic carbocycles. The fourth-order valence-electron chi connectivity index (χ4n) is 2.10. The van der Waals surface area contributed by atoms with Gasteiger partial charge in [0.05, 0.1) is 6.61 Å². The number of nitrogens with zero attached hydrogens (tertiary/aromatic N) is 1. The van der Waals surface area contributed by atoms with Gasteiger partial charge in [0.2, 0.25) is 0 Å². The van der Waals surface area contributed by atoms with Crippen molar-refractivity contribution in [2.24, 2.45) is 0 Å². The zero-order valence-corrected chi connectivity index (χ0v) is 10.1. The van der Waals surface area contributed by atoms with Gasteiger partial charge in [-0.05, 0) is 12.1 Å². The number of rotatable bonds is 3. The van der Waals surface area contributed by atoms with Crippen LogP contribution in [0.3, 0.4) is 0 Å². The van der Waals surface area contributed by atoms with E-state index < -0.39 is 0 Å². The predicted molar refractivity (Wildman–Crippen MR) is 69.8 cm³/mol. The first-order chi connectivity index (χ1) is 8.93. The third-order valence-corrected chi connectivity index (χ3v) is 3.02. The van der Waals surface area contributed by atoms with E-state index in [0.717, 1.165) is 36.3 Å². The van der Waals surface area contributed by atoms with Gasteiger partial charge in [-0.25, -0.2) is 0 Å². The summed E-state index contributed by atoms with van der Waals surface area (Å²) in [7, 11) is 0. The highest BCUT2D eigenvalue weighted by atomic mass is 16.5. The monoisotopic (exact) mass is 244 g/mol. The van der Waals surface area contributed by atoms with Crippen LogP contribution in [0.4, 0.5) is 0 Å². The lowest BCUT2D eigenvalue weighted by Gasteiger charge is -2.23. The molecule has 0 saturated carbocycles. The average Bonchev–Trinajstić information content (AvgIpc) is 2.46. The third kappa shape index (κ3) is 2.44. The Morgan fingerprint density at radius 3 is 3.17 bits per heavy atom. The summed E-state index contributed by atoms with van der Waals surface area (Å²) >= 11 is 0. The lowest BCUT2D eigenvalue weighted by Crippen LogP contribution is -2.41. The number of morpholine rings is 1. The van der Waals surface area contributed by atoms with Crippen LogP contribution >= 0.6 is 0 Å². The van der Waals surface area contributed by atoms with Gasteiger partial charge in [-0.2, -0.15) is 0 Å². The summed E-state index contributed by atoms with van der Waals surface area (Å²) < 4.78 is 11.4. The van der Waals surface area contributed by atoms with Gasteiger partial charge in [0.1, 0.15) is 24.0 Å². The van der Waals surface area contributed by atoms with Crippen LogP contribution in [-0.2, 0) is 4.74 Å². The highest BCUT2D eigenvalue weighted by molar-refractivity contribution is 5.84. The van der Waals surface area contributed by atoms with E-state index in [-0.39, 0.29) is 6.10 Å². The van der Waals surface area contributed by atoms with E-state index >= 15 is 0 Å². The van der Waals surface area contributed by atoms with Gasteiger partial charge in [0.25, 0.3) is 0 Å². The second kappa shape index (κ2) is 5.33. The first-order valence-electron chi connectivity index (χ1n) is 6.22. The van der Waals surface area contributed by atoms with Crippen LogP contribution < -0.4 is 10.1 Å². The van der Waals surface area contributed by atoms with Gasteiger partial charge in [-0.15, -0.1) is 0 Å². The van der Waals surface area contributed by atoms with Crippen LogP contribution in [0.15, 0.2) is 36.5 Å². The maximum atomic E-state index is 5.83. The minimum Gasteiger partial charge on any atom is -0.489 e. The number of hydrogen-bond acceptors (Lipinski definition) is 4. The summed E-state index contributed by atoms with van der Waals surface area (Å²) in [5.74, 6) is 0.822. The molecule has 1 saturated heterocycles. The number of benzene rings is 1. The lowest BCUT2D eigenvalue weighted by atomic mass is 10.2. The summed E-state index contributed by atoms with van der Waals surface area (Å²) in [6, 6.07) is 9.94. The Morgan fingerprint density at radius 2 is 2.28 bits per heavy atom. The van der Waals surface area contributed by atoms with Crippen molar-refractivity contribution < 1.29 is 9.47 Å². The predicted octanol–water partition coefficient (Wildman–Crippen LogP) is 1.60. The smallest absolute Gasteiger partial charge is 0.145 e. The van der Waals surface area contributed by atoms with E-state index in [1.165, 1.54) is 0 Å². The Hall–Kier alpha value is -1.65. The van der Waals surface area contributed by atoms with Crippen molar-refractivity contribution in [3.63, 3.8) is 0 Å². The summed E-state index contributed by atoms with van der Waals surface area (Å²) in [6.45, 7) is 3.08. The quantitative estimate of drug-likeness (QED) is 0.890. The molecular weight excluding hydrogens is 228 g/mol. The van der Waals surface area contributed by atoms with Crippen molar-refractivity contribution in [2.45, 2.75) is 6.10 Å². The van der Waals surface area contributed by atoms with Gasteiger partial charge < -0.3 is 14.8 Å². The third-order valence-electron chi connectivity index (χ3n) is 3.02. The topological polar surface area (TPSA) is 43.4 Å². The summed E-state index contributed by atoms with van der Waals surface area (Å²) in [5.41, 5.74) is 0.906. The fraction of sp³-hybridized carbons (Fsp3) is 0.357. The second-order valence-corrected chi connectivity index (χ2v) is 4.34. The first kappa shape index (κ1) is 11.4. The molecule has 0 amide bonds. The summed E-state index contributed by atoms with van der Waals surface area (Å²) in [4.78, 5) is 4.36. The molecule has 1 aromatic heterocycles. The highest BCUT2D eigenvalue weighted by Crippen LogP contribution is 2.23. The molecule has 3 rings (SSSR count). The van der Waals surface area contributed by atoms with Crippen LogP contribution in [-0.4, -0.2) is 37.4 Å². The molecule has 1 fully saturated rings. The zero-order chi connectivity index (χ0) is 12.2. The Kier molecular flexibility index (Phi) is 3.39. The van der Waals surface area contributed by atoms with Crippen molar-refractivity contribution >= 4 is 10.9 Å². The van der Waals surface area contributed by atoms with Gasteiger partial charge in [-0.3, -0.25) is 4.98 Å². The van der Waals surface area contributed by atoms with Gasteiger partial charge in [-0.1, -0.05) is 18.2 Å². The van der Waals surface area contributed by atoms with Crippen molar-refractivity contribution in [3.8, 4) is 5.75 Å². The van der Waals surface area contributed by atoms with Gasteiger partial charge >= 0.3 is 0 Å².